The Labute approximate surface area is 221 Å². The van der Waals surface area contributed by atoms with E-state index in [0.717, 1.165) is 29.0 Å². The minimum atomic E-state index is -0.981. The number of para-hydroxylation sites is 2. The number of hydrogen-bond acceptors (Lipinski definition) is 6. The first-order valence-electron chi connectivity index (χ1n) is 12.6. The van der Waals surface area contributed by atoms with Crippen molar-refractivity contribution in [1.82, 2.24) is 0 Å². The van der Waals surface area contributed by atoms with Crippen LogP contribution in [-0.2, 0) is 14.4 Å². The molecule has 0 aromatic heterocycles. The molecular formula is C29H29ClN2O5. The van der Waals surface area contributed by atoms with E-state index in [4.69, 9.17) is 25.9 Å². The number of benzene rings is 3. The molecular weight excluding hydrogens is 492 g/mol. The molecule has 3 atom stereocenters. The predicted octanol–water partition coefficient (Wildman–Crippen LogP) is 5.97. The second-order valence-corrected chi connectivity index (χ2v) is 9.37. The summed E-state index contributed by atoms with van der Waals surface area (Å²) < 4.78 is 11.9. The average Bonchev–Trinajstić information content (AvgIpc) is 3.42. The summed E-state index contributed by atoms with van der Waals surface area (Å²) in [6.07, 6.45) is 0.975. The zero-order chi connectivity index (χ0) is 25.9. The summed E-state index contributed by atoms with van der Waals surface area (Å²) in [5.74, 6) is -0.325. The van der Waals surface area contributed by atoms with Crippen LogP contribution in [0.25, 0.3) is 0 Å². The molecule has 192 valence electrons. The van der Waals surface area contributed by atoms with Gasteiger partial charge < -0.3 is 9.47 Å². The number of unbranched alkanes of at least 4 members (excludes halogenated alkanes) is 1. The van der Waals surface area contributed by atoms with Crippen molar-refractivity contribution in [2.45, 2.75) is 38.8 Å². The lowest BCUT2D eigenvalue weighted by Gasteiger charge is -2.29. The third-order valence-electron chi connectivity index (χ3n) is 6.58. The Balaban J connectivity index is 1.56. The summed E-state index contributed by atoms with van der Waals surface area (Å²) in [7, 11) is 0. The molecule has 2 fully saturated rings. The smallest absolute Gasteiger partial charge is 0.266 e. The lowest BCUT2D eigenvalue weighted by atomic mass is 9.90. The number of fused-ring (bicyclic) bond motifs is 1. The van der Waals surface area contributed by atoms with Crippen LogP contribution in [0.2, 0.25) is 5.02 Å². The van der Waals surface area contributed by atoms with Gasteiger partial charge in [0, 0.05) is 0 Å². The average molecular weight is 521 g/mol. The summed E-state index contributed by atoms with van der Waals surface area (Å²) >= 11 is 6.37. The molecule has 5 rings (SSSR count). The van der Waals surface area contributed by atoms with Crippen molar-refractivity contribution < 1.29 is 23.9 Å². The maximum Gasteiger partial charge on any atom is 0.266 e. The largest absolute Gasteiger partial charge is 0.490 e. The van der Waals surface area contributed by atoms with Crippen LogP contribution < -0.4 is 19.4 Å². The fourth-order valence-electron chi connectivity index (χ4n) is 4.85. The first-order valence-corrected chi connectivity index (χ1v) is 13.0. The molecule has 2 heterocycles. The predicted molar refractivity (Wildman–Crippen MR) is 142 cm³/mol. The van der Waals surface area contributed by atoms with Gasteiger partial charge >= 0.3 is 0 Å². The van der Waals surface area contributed by atoms with Crippen LogP contribution in [0.1, 0.15) is 38.3 Å². The number of halogens is 1. The van der Waals surface area contributed by atoms with Crippen LogP contribution >= 0.6 is 11.6 Å². The first kappa shape index (κ1) is 25.1. The molecule has 7 nitrogen and oxygen atoms in total. The van der Waals surface area contributed by atoms with Crippen LogP contribution in [0.3, 0.4) is 0 Å². The third-order valence-corrected chi connectivity index (χ3v) is 6.90. The number of ether oxygens (including phenoxy) is 2. The van der Waals surface area contributed by atoms with Crippen molar-refractivity contribution in [2.24, 2.45) is 5.92 Å². The van der Waals surface area contributed by atoms with Gasteiger partial charge in [-0.15, -0.1) is 0 Å². The second kappa shape index (κ2) is 10.8. The molecule has 2 amide bonds. The first-order chi connectivity index (χ1) is 18.0. The number of hydrogen-bond donors (Lipinski definition) is 0. The van der Waals surface area contributed by atoms with E-state index in [1.54, 1.807) is 29.3 Å². The third kappa shape index (κ3) is 4.65. The molecule has 2 saturated heterocycles. The van der Waals surface area contributed by atoms with Crippen molar-refractivity contribution in [2.75, 3.05) is 23.2 Å². The molecule has 0 N–H and O–H groups in total. The van der Waals surface area contributed by atoms with Crippen LogP contribution in [0.5, 0.6) is 11.5 Å². The molecule has 2 aliphatic heterocycles. The number of anilines is 2. The van der Waals surface area contributed by atoms with Crippen molar-refractivity contribution in [1.29, 1.82) is 0 Å². The summed E-state index contributed by atoms with van der Waals surface area (Å²) in [4.78, 5) is 34.8. The summed E-state index contributed by atoms with van der Waals surface area (Å²) in [6.45, 7) is 5.06. The van der Waals surface area contributed by atoms with Gasteiger partial charge in [-0.25, -0.2) is 9.96 Å². The van der Waals surface area contributed by atoms with Gasteiger partial charge in [-0.05, 0) is 55.3 Å². The fourth-order valence-corrected chi connectivity index (χ4v) is 5.07. The minimum Gasteiger partial charge on any atom is -0.490 e. The zero-order valence-electron chi connectivity index (χ0n) is 20.8. The monoisotopic (exact) mass is 520 g/mol. The van der Waals surface area contributed by atoms with Crippen molar-refractivity contribution in [3.05, 3.63) is 83.4 Å². The molecule has 3 aromatic carbocycles. The topological polar surface area (TPSA) is 68.3 Å². The molecule has 0 radical (unpaired) electrons. The molecule has 0 bridgehead atoms. The van der Waals surface area contributed by atoms with Gasteiger partial charge in [-0.1, -0.05) is 61.3 Å². The Morgan fingerprint density at radius 1 is 0.892 bits per heavy atom. The highest BCUT2D eigenvalue weighted by Crippen LogP contribution is 2.49. The summed E-state index contributed by atoms with van der Waals surface area (Å²) in [5, 5.41) is 1.99. The molecule has 0 spiro atoms. The Morgan fingerprint density at radius 2 is 1.65 bits per heavy atom. The van der Waals surface area contributed by atoms with Crippen molar-refractivity contribution in [3.63, 3.8) is 0 Å². The van der Waals surface area contributed by atoms with E-state index in [2.05, 4.69) is 6.92 Å². The van der Waals surface area contributed by atoms with Gasteiger partial charge in [0.05, 0.1) is 35.7 Å². The highest BCUT2D eigenvalue weighted by molar-refractivity contribution is 6.36. The van der Waals surface area contributed by atoms with Crippen LogP contribution in [0, 0.1) is 5.92 Å². The Morgan fingerprint density at radius 3 is 2.38 bits per heavy atom. The van der Waals surface area contributed by atoms with Crippen LogP contribution in [0.15, 0.2) is 72.8 Å². The van der Waals surface area contributed by atoms with E-state index in [1.807, 2.05) is 55.5 Å². The molecule has 3 aromatic rings. The fraction of sp³-hybridized carbons (Fsp3) is 0.310. The van der Waals surface area contributed by atoms with Gasteiger partial charge in [0.1, 0.15) is 5.92 Å². The molecule has 0 aliphatic carbocycles. The number of imide groups is 1. The van der Waals surface area contributed by atoms with Gasteiger partial charge in [0.15, 0.2) is 17.6 Å². The van der Waals surface area contributed by atoms with Gasteiger partial charge in [0.25, 0.3) is 5.91 Å². The lowest BCUT2D eigenvalue weighted by molar-refractivity contribution is -0.126. The Kier molecular flexibility index (Phi) is 7.35. The van der Waals surface area contributed by atoms with E-state index in [9.17, 15) is 9.59 Å². The van der Waals surface area contributed by atoms with Crippen molar-refractivity contribution >= 4 is 34.8 Å². The molecule has 37 heavy (non-hydrogen) atoms. The van der Waals surface area contributed by atoms with E-state index in [0.29, 0.717) is 35.4 Å². The van der Waals surface area contributed by atoms with E-state index in [1.165, 1.54) is 0 Å². The summed E-state index contributed by atoms with van der Waals surface area (Å²) in [5.41, 5.74) is 1.88. The van der Waals surface area contributed by atoms with E-state index in [-0.39, 0.29) is 5.91 Å². The minimum absolute atomic E-state index is 0.327. The highest BCUT2D eigenvalue weighted by Gasteiger charge is 2.60. The number of carbonyl (C=O) groups is 2. The standard InChI is InChI=1S/C29H29ClN2O5/c1-3-5-17-36-23-16-15-19(18-24(23)35-4-2)26-25-27(37-32(26)20-11-7-6-8-12-20)29(34)31(28(25)33)22-14-10-9-13-21(22)30/h6-16,18,25-27H,3-5,17H2,1-2H3/t25-,26-,27-/m0/s1. The second-order valence-electron chi connectivity index (χ2n) is 8.96. The Bertz CT molecular complexity index is 1280. The van der Waals surface area contributed by atoms with E-state index >= 15 is 0 Å². The van der Waals surface area contributed by atoms with Crippen LogP contribution in [0.4, 0.5) is 11.4 Å². The number of nitrogens with zero attached hydrogens (tertiary/aromatic N) is 2. The molecule has 2 aliphatic rings. The van der Waals surface area contributed by atoms with Crippen molar-refractivity contribution in [3.8, 4) is 11.5 Å². The van der Waals surface area contributed by atoms with Crippen LogP contribution in [-0.4, -0.2) is 31.1 Å². The number of rotatable bonds is 9. The Hall–Kier alpha value is -3.55. The van der Waals surface area contributed by atoms with Gasteiger partial charge in [-0.3, -0.25) is 14.4 Å². The molecule has 0 saturated carbocycles. The SMILES string of the molecule is CCCCOc1ccc([C@H]2[C@@H]3C(=O)N(c4ccccc4Cl)C(=O)[C@H]3ON2c2ccccc2)cc1OCC. The summed E-state index contributed by atoms with van der Waals surface area (Å²) in [6, 6.07) is 21.4. The quantitative estimate of drug-likeness (QED) is 0.256. The highest BCUT2D eigenvalue weighted by atomic mass is 35.5. The van der Waals surface area contributed by atoms with E-state index < -0.39 is 24.0 Å². The maximum atomic E-state index is 13.8. The number of amides is 2. The number of carbonyl (C=O) groups excluding carboxylic acids is 2. The van der Waals surface area contributed by atoms with Gasteiger partial charge in [0.2, 0.25) is 5.91 Å². The van der Waals surface area contributed by atoms with Gasteiger partial charge in [-0.2, -0.15) is 0 Å². The number of hydroxylamine groups is 1. The molecule has 0 unspecified atom stereocenters. The lowest BCUT2D eigenvalue weighted by Crippen LogP contribution is -2.37. The normalized spacial score (nSPS) is 20.9. The zero-order valence-corrected chi connectivity index (χ0v) is 21.6. The molecule has 8 heteroatoms. The maximum absolute atomic E-state index is 13.8.